The Hall–Kier alpha value is -3.15. The summed E-state index contributed by atoms with van der Waals surface area (Å²) in [5.74, 6) is 0.903. The molecule has 0 radical (unpaired) electrons. The number of nitrogens with zero attached hydrogens (tertiary/aromatic N) is 6. The molecule has 3 heterocycles. The van der Waals surface area contributed by atoms with Gasteiger partial charge in [0.15, 0.2) is 5.82 Å². The predicted molar refractivity (Wildman–Crippen MR) is 133 cm³/mol. The molecule has 0 saturated carbocycles. The van der Waals surface area contributed by atoms with Crippen LogP contribution in [0.5, 0.6) is 0 Å². The summed E-state index contributed by atoms with van der Waals surface area (Å²) in [6.45, 7) is 12.2. The van der Waals surface area contributed by atoms with E-state index in [1.807, 2.05) is 0 Å². The van der Waals surface area contributed by atoms with Crippen LogP contribution in [0.2, 0.25) is 0 Å². The first-order valence-electron chi connectivity index (χ1n) is 11.8. The average Bonchev–Trinajstić information content (AvgIpc) is 3.37. The molecule has 2 aromatic heterocycles. The van der Waals surface area contributed by atoms with Gasteiger partial charge in [-0.3, -0.25) is 0 Å². The second kappa shape index (κ2) is 7.72. The Morgan fingerprint density at radius 2 is 1.64 bits per heavy atom. The molecule has 5 rings (SSSR count). The molecule has 0 bridgehead atoms. The van der Waals surface area contributed by atoms with Crippen LogP contribution in [0.15, 0.2) is 54.6 Å². The molecular formula is C27H34N6. The summed E-state index contributed by atoms with van der Waals surface area (Å²) >= 11 is 0. The van der Waals surface area contributed by atoms with Crippen molar-refractivity contribution in [3.63, 3.8) is 0 Å². The lowest BCUT2D eigenvalue weighted by atomic mass is 9.81. The number of fused-ring (bicyclic) bond motifs is 3. The molecule has 6 heteroatoms. The number of hydrogen-bond acceptors (Lipinski definition) is 4. The van der Waals surface area contributed by atoms with Gasteiger partial charge in [-0.25, -0.2) is 4.68 Å². The highest BCUT2D eigenvalue weighted by Crippen LogP contribution is 2.43. The van der Waals surface area contributed by atoms with E-state index in [4.69, 9.17) is 0 Å². The van der Waals surface area contributed by atoms with Crippen molar-refractivity contribution in [3.05, 3.63) is 71.7 Å². The fourth-order valence-corrected chi connectivity index (χ4v) is 5.94. The van der Waals surface area contributed by atoms with Crippen LogP contribution in [0, 0.1) is 5.41 Å². The van der Waals surface area contributed by atoms with Crippen molar-refractivity contribution in [3.8, 4) is 0 Å². The van der Waals surface area contributed by atoms with Crippen molar-refractivity contribution in [2.45, 2.75) is 59.0 Å². The number of rotatable bonds is 4. The lowest BCUT2D eigenvalue weighted by Gasteiger charge is -2.40. The highest BCUT2D eigenvalue weighted by Gasteiger charge is 2.40. The Balaban J connectivity index is 1.73. The number of anilines is 1. The summed E-state index contributed by atoms with van der Waals surface area (Å²) < 4.78 is 4.42. The van der Waals surface area contributed by atoms with Gasteiger partial charge in [-0.05, 0) is 66.3 Å². The second-order valence-corrected chi connectivity index (χ2v) is 11.1. The van der Waals surface area contributed by atoms with Crippen molar-refractivity contribution in [1.82, 2.24) is 24.8 Å². The Morgan fingerprint density at radius 3 is 2.36 bits per heavy atom. The highest BCUT2D eigenvalue weighted by molar-refractivity contribution is 5.86. The van der Waals surface area contributed by atoms with Crippen LogP contribution < -0.4 is 4.90 Å². The molecular weight excluding hydrogens is 408 g/mol. The number of hydrogen-bond donors (Lipinski definition) is 0. The lowest BCUT2D eigenvalue weighted by Crippen LogP contribution is -2.41. The molecule has 0 fully saturated rings. The Morgan fingerprint density at radius 1 is 0.939 bits per heavy atom. The van der Waals surface area contributed by atoms with E-state index < -0.39 is 0 Å². The molecule has 1 atom stereocenters. The van der Waals surface area contributed by atoms with E-state index in [1.54, 1.807) is 0 Å². The summed E-state index contributed by atoms with van der Waals surface area (Å²) in [5.41, 5.74) is 5.09. The third-order valence-electron chi connectivity index (χ3n) is 6.80. The average molecular weight is 443 g/mol. The zero-order chi connectivity index (χ0) is 23.4. The first kappa shape index (κ1) is 21.7. The molecule has 2 aromatic carbocycles. The SMILES string of the molecule is Cn1c2c(c3ccccc31)CCN(c1ccccc1)C2c1nnnn1C(C)(C)CC(C)(C)C. The summed E-state index contributed by atoms with van der Waals surface area (Å²) in [6, 6.07) is 19.3. The number of aromatic nitrogens is 5. The van der Waals surface area contributed by atoms with Crippen LogP contribution >= 0.6 is 0 Å². The monoisotopic (exact) mass is 442 g/mol. The van der Waals surface area contributed by atoms with Gasteiger partial charge in [0.2, 0.25) is 0 Å². The summed E-state index contributed by atoms with van der Waals surface area (Å²) in [5, 5.41) is 14.8. The highest BCUT2D eigenvalue weighted by atomic mass is 15.6. The Bertz CT molecular complexity index is 1280. The molecule has 1 aliphatic rings. The number of aryl methyl sites for hydroxylation is 1. The first-order valence-corrected chi connectivity index (χ1v) is 11.8. The fourth-order valence-electron chi connectivity index (χ4n) is 5.94. The molecule has 6 nitrogen and oxygen atoms in total. The quantitative estimate of drug-likeness (QED) is 0.419. The van der Waals surface area contributed by atoms with Gasteiger partial charge in [0.05, 0.1) is 11.2 Å². The largest absolute Gasteiger partial charge is 0.356 e. The predicted octanol–water partition coefficient (Wildman–Crippen LogP) is 5.49. The first-order chi connectivity index (χ1) is 15.7. The lowest BCUT2D eigenvalue weighted by molar-refractivity contribution is 0.188. The summed E-state index contributed by atoms with van der Waals surface area (Å²) in [7, 11) is 2.18. The second-order valence-electron chi connectivity index (χ2n) is 11.1. The molecule has 0 aliphatic carbocycles. The van der Waals surface area contributed by atoms with E-state index >= 15 is 0 Å². The summed E-state index contributed by atoms with van der Waals surface area (Å²) in [4.78, 5) is 2.47. The minimum atomic E-state index is -0.221. The topological polar surface area (TPSA) is 51.8 Å². The number of tetrazole rings is 1. The van der Waals surface area contributed by atoms with Crippen LogP contribution in [0.25, 0.3) is 10.9 Å². The molecule has 1 unspecified atom stereocenters. The maximum Gasteiger partial charge on any atom is 0.180 e. The van der Waals surface area contributed by atoms with Crippen molar-refractivity contribution in [1.29, 1.82) is 0 Å². The van der Waals surface area contributed by atoms with E-state index in [0.29, 0.717) is 0 Å². The molecule has 33 heavy (non-hydrogen) atoms. The number of para-hydroxylation sites is 2. The molecule has 0 spiro atoms. The zero-order valence-corrected chi connectivity index (χ0v) is 20.6. The molecule has 0 N–H and O–H groups in total. The van der Waals surface area contributed by atoms with Gasteiger partial charge >= 0.3 is 0 Å². The number of benzene rings is 2. The van der Waals surface area contributed by atoms with Crippen LogP contribution in [0.4, 0.5) is 5.69 Å². The van der Waals surface area contributed by atoms with Crippen LogP contribution in [0.1, 0.15) is 64.2 Å². The van der Waals surface area contributed by atoms with Crippen molar-refractivity contribution in [2.24, 2.45) is 12.5 Å². The van der Waals surface area contributed by atoms with E-state index in [1.165, 1.54) is 27.8 Å². The van der Waals surface area contributed by atoms with Gasteiger partial charge in [-0.2, -0.15) is 0 Å². The van der Waals surface area contributed by atoms with Gasteiger partial charge in [0.1, 0.15) is 6.04 Å². The van der Waals surface area contributed by atoms with Crippen molar-refractivity contribution >= 4 is 16.6 Å². The van der Waals surface area contributed by atoms with Gasteiger partial charge < -0.3 is 9.47 Å². The minimum absolute atomic E-state index is 0.0669. The van der Waals surface area contributed by atoms with E-state index in [9.17, 15) is 0 Å². The van der Waals surface area contributed by atoms with E-state index in [-0.39, 0.29) is 17.0 Å². The zero-order valence-electron chi connectivity index (χ0n) is 20.6. The fraction of sp³-hybridized carbons (Fsp3) is 0.444. The van der Waals surface area contributed by atoms with E-state index in [2.05, 4.69) is 126 Å². The molecule has 0 amide bonds. The maximum absolute atomic E-state index is 4.67. The smallest absolute Gasteiger partial charge is 0.180 e. The maximum atomic E-state index is 4.67. The third-order valence-corrected chi connectivity index (χ3v) is 6.80. The minimum Gasteiger partial charge on any atom is -0.356 e. The molecule has 172 valence electrons. The van der Waals surface area contributed by atoms with Gasteiger partial charge in [0, 0.05) is 30.2 Å². The van der Waals surface area contributed by atoms with Gasteiger partial charge in [-0.15, -0.1) is 5.10 Å². The van der Waals surface area contributed by atoms with Crippen molar-refractivity contribution < 1.29 is 0 Å². The molecule has 1 aliphatic heterocycles. The summed E-state index contributed by atoms with van der Waals surface area (Å²) in [6.07, 6.45) is 1.97. The van der Waals surface area contributed by atoms with Crippen LogP contribution in [-0.2, 0) is 19.0 Å². The Kier molecular flexibility index (Phi) is 5.07. The normalized spacial score (nSPS) is 16.9. The third kappa shape index (κ3) is 3.71. The Labute approximate surface area is 196 Å². The molecule has 4 aromatic rings. The van der Waals surface area contributed by atoms with Crippen molar-refractivity contribution in [2.75, 3.05) is 11.4 Å². The van der Waals surface area contributed by atoms with Gasteiger partial charge in [0.25, 0.3) is 0 Å². The molecule has 0 saturated heterocycles. The standard InChI is InChI=1S/C27H34N6/c1-26(2,3)18-27(4,5)33-25(28-29-30-33)24-23-21(20-14-10-11-15-22(20)31(23)6)16-17-32(24)19-12-8-7-9-13-19/h7-15,24H,16-18H2,1-6H3. The van der Waals surface area contributed by atoms with Crippen LogP contribution in [0.3, 0.4) is 0 Å². The van der Waals surface area contributed by atoms with E-state index in [0.717, 1.165) is 25.2 Å². The van der Waals surface area contributed by atoms with Gasteiger partial charge in [-0.1, -0.05) is 57.2 Å². The van der Waals surface area contributed by atoms with Crippen LogP contribution in [-0.4, -0.2) is 31.3 Å².